The highest BCUT2D eigenvalue weighted by molar-refractivity contribution is 6.42. The van der Waals surface area contributed by atoms with Crippen molar-refractivity contribution in [2.24, 2.45) is 0 Å². The van der Waals surface area contributed by atoms with Crippen molar-refractivity contribution >= 4 is 23.2 Å². The second-order valence-electron chi connectivity index (χ2n) is 4.57. The average molecular weight is 313 g/mol. The molecule has 2 atom stereocenters. The lowest BCUT2D eigenvalue weighted by Gasteiger charge is -2.23. The summed E-state index contributed by atoms with van der Waals surface area (Å²) >= 11 is 12.0. The van der Waals surface area contributed by atoms with Gasteiger partial charge >= 0.3 is 0 Å². The van der Waals surface area contributed by atoms with Crippen LogP contribution in [0.4, 0.5) is 0 Å². The first kappa shape index (κ1) is 15.6. The van der Waals surface area contributed by atoms with Crippen molar-refractivity contribution in [1.29, 1.82) is 0 Å². The summed E-state index contributed by atoms with van der Waals surface area (Å²) in [7, 11) is 0. The molecule has 1 aromatic rings. The van der Waals surface area contributed by atoms with Crippen LogP contribution in [-0.4, -0.2) is 12.9 Å². The number of rotatable bonds is 4. The molecule has 2 rings (SSSR count). The summed E-state index contributed by atoms with van der Waals surface area (Å²) < 4.78 is 11.7. The minimum Gasteiger partial charge on any atom is -0.349 e. The lowest BCUT2D eigenvalue weighted by Crippen LogP contribution is -2.20. The molecule has 0 fully saturated rings. The summed E-state index contributed by atoms with van der Waals surface area (Å²) in [5, 5.41) is 1.09. The van der Waals surface area contributed by atoms with Gasteiger partial charge in [0.05, 0.1) is 16.1 Å². The Morgan fingerprint density at radius 2 is 2.20 bits per heavy atom. The normalized spacial score (nSPS) is 23.1. The SMILES string of the molecule is C=CC1=CCC[C@@H](c2ccc(Cl)c(Cl)c2)O[C@@H]1OCC. The van der Waals surface area contributed by atoms with Gasteiger partial charge in [0.2, 0.25) is 0 Å². The lowest BCUT2D eigenvalue weighted by molar-refractivity contribution is -0.145. The van der Waals surface area contributed by atoms with Gasteiger partial charge in [0.15, 0.2) is 6.29 Å². The van der Waals surface area contributed by atoms with Gasteiger partial charge in [-0.15, -0.1) is 0 Å². The summed E-state index contributed by atoms with van der Waals surface area (Å²) in [6.07, 6.45) is 5.26. The van der Waals surface area contributed by atoms with Gasteiger partial charge in [0.1, 0.15) is 0 Å². The third kappa shape index (κ3) is 3.64. The summed E-state index contributed by atoms with van der Waals surface area (Å²) in [4.78, 5) is 0. The Kier molecular flexibility index (Phi) is 5.67. The fourth-order valence-corrected chi connectivity index (χ4v) is 2.52. The van der Waals surface area contributed by atoms with E-state index in [-0.39, 0.29) is 12.4 Å². The van der Waals surface area contributed by atoms with Crippen LogP contribution in [0.3, 0.4) is 0 Å². The molecule has 108 valence electrons. The first-order chi connectivity index (χ1) is 9.65. The van der Waals surface area contributed by atoms with E-state index in [1.807, 2.05) is 19.1 Å². The minimum atomic E-state index is -0.376. The summed E-state index contributed by atoms with van der Waals surface area (Å²) in [6.45, 7) is 6.35. The van der Waals surface area contributed by atoms with Gasteiger partial charge in [-0.05, 0) is 37.5 Å². The molecule has 0 spiro atoms. The van der Waals surface area contributed by atoms with Crippen molar-refractivity contribution in [3.05, 3.63) is 58.1 Å². The Morgan fingerprint density at radius 1 is 1.40 bits per heavy atom. The van der Waals surface area contributed by atoms with E-state index in [0.29, 0.717) is 16.7 Å². The molecule has 1 heterocycles. The van der Waals surface area contributed by atoms with Crippen molar-refractivity contribution in [3.8, 4) is 0 Å². The second-order valence-corrected chi connectivity index (χ2v) is 5.39. The molecule has 0 aromatic heterocycles. The predicted molar refractivity (Wildman–Crippen MR) is 83.2 cm³/mol. The fraction of sp³-hybridized carbons (Fsp3) is 0.375. The predicted octanol–water partition coefficient (Wildman–Crippen LogP) is 5.32. The molecule has 1 aliphatic rings. The summed E-state index contributed by atoms with van der Waals surface area (Å²) in [5.41, 5.74) is 2.00. The van der Waals surface area contributed by atoms with Crippen molar-refractivity contribution in [3.63, 3.8) is 0 Å². The van der Waals surface area contributed by atoms with E-state index >= 15 is 0 Å². The molecule has 0 unspecified atom stereocenters. The van der Waals surface area contributed by atoms with E-state index in [4.69, 9.17) is 32.7 Å². The molecule has 0 radical (unpaired) electrons. The first-order valence-corrected chi connectivity index (χ1v) is 7.45. The minimum absolute atomic E-state index is 0.0602. The quantitative estimate of drug-likeness (QED) is 0.749. The molecule has 0 saturated carbocycles. The first-order valence-electron chi connectivity index (χ1n) is 6.70. The maximum atomic E-state index is 6.08. The van der Waals surface area contributed by atoms with E-state index < -0.39 is 0 Å². The second kappa shape index (κ2) is 7.28. The van der Waals surface area contributed by atoms with Crippen LogP contribution in [0.25, 0.3) is 0 Å². The van der Waals surface area contributed by atoms with Crippen LogP contribution < -0.4 is 0 Å². The van der Waals surface area contributed by atoms with E-state index in [9.17, 15) is 0 Å². The molecule has 2 nitrogen and oxygen atoms in total. The largest absolute Gasteiger partial charge is 0.349 e. The Balaban J connectivity index is 2.21. The maximum absolute atomic E-state index is 6.08. The van der Waals surface area contributed by atoms with Crippen molar-refractivity contribution < 1.29 is 9.47 Å². The van der Waals surface area contributed by atoms with Gasteiger partial charge in [-0.25, -0.2) is 0 Å². The van der Waals surface area contributed by atoms with Gasteiger partial charge < -0.3 is 9.47 Å². The molecule has 0 amide bonds. The Labute approximate surface area is 130 Å². The summed E-state index contributed by atoms with van der Waals surface area (Å²) in [5.74, 6) is 0. The topological polar surface area (TPSA) is 18.5 Å². The highest BCUT2D eigenvalue weighted by Gasteiger charge is 2.23. The van der Waals surface area contributed by atoms with Crippen LogP contribution in [0.2, 0.25) is 10.0 Å². The average Bonchev–Trinajstić information content (AvgIpc) is 2.64. The molecule has 4 heteroatoms. The standard InChI is InChI=1S/C16H18Cl2O2/c1-3-11-6-5-7-15(20-16(11)19-4-2)12-8-9-13(17)14(18)10-12/h3,6,8-10,15-16H,1,4-5,7H2,2H3/t15-,16-/m0/s1. The smallest absolute Gasteiger partial charge is 0.184 e. The van der Waals surface area contributed by atoms with Gasteiger partial charge in [-0.1, -0.05) is 48.0 Å². The van der Waals surface area contributed by atoms with Crippen LogP contribution in [0.15, 0.2) is 42.5 Å². The van der Waals surface area contributed by atoms with E-state index in [2.05, 4.69) is 12.7 Å². The van der Waals surface area contributed by atoms with Crippen LogP contribution in [0, 0.1) is 0 Å². The maximum Gasteiger partial charge on any atom is 0.184 e. The molecule has 0 N–H and O–H groups in total. The van der Waals surface area contributed by atoms with E-state index in [1.54, 1.807) is 12.1 Å². The third-order valence-corrected chi connectivity index (χ3v) is 3.98. The van der Waals surface area contributed by atoms with Crippen molar-refractivity contribution in [1.82, 2.24) is 0 Å². The van der Waals surface area contributed by atoms with Crippen molar-refractivity contribution in [2.75, 3.05) is 6.61 Å². The number of hydrogen-bond donors (Lipinski definition) is 0. The zero-order valence-corrected chi connectivity index (χ0v) is 13.0. The highest BCUT2D eigenvalue weighted by atomic mass is 35.5. The molecule has 0 aliphatic carbocycles. The lowest BCUT2D eigenvalue weighted by atomic mass is 10.0. The zero-order chi connectivity index (χ0) is 14.5. The monoisotopic (exact) mass is 312 g/mol. The fourth-order valence-electron chi connectivity index (χ4n) is 2.22. The molecule has 1 aliphatic heterocycles. The number of halogens is 2. The summed E-state index contributed by atoms with van der Waals surface area (Å²) in [6, 6.07) is 5.60. The molecule has 20 heavy (non-hydrogen) atoms. The Hall–Kier alpha value is -0.800. The molecular weight excluding hydrogens is 295 g/mol. The van der Waals surface area contributed by atoms with Crippen molar-refractivity contribution in [2.45, 2.75) is 32.2 Å². The van der Waals surface area contributed by atoms with Gasteiger partial charge in [-0.2, -0.15) is 0 Å². The Bertz CT molecular complexity index is 511. The highest BCUT2D eigenvalue weighted by Crippen LogP contribution is 2.33. The van der Waals surface area contributed by atoms with Crippen LogP contribution >= 0.6 is 23.2 Å². The third-order valence-electron chi connectivity index (χ3n) is 3.24. The van der Waals surface area contributed by atoms with Gasteiger partial charge in [0.25, 0.3) is 0 Å². The van der Waals surface area contributed by atoms with Gasteiger partial charge in [0, 0.05) is 12.2 Å². The van der Waals surface area contributed by atoms with Gasteiger partial charge in [-0.3, -0.25) is 0 Å². The van der Waals surface area contributed by atoms with Crippen LogP contribution in [-0.2, 0) is 9.47 Å². The number of ether oxygens (including phenoxy) is 2. The Morgan fingerprint density at radius 3 is 2.85 bits per heavy atom. The molecule has 1 aromatic carbocycles. The zero-order valence-electron chi connectivity index (χ0n) is 11.4. The number of benzene rings is 1. The van der Waals surface area contributed by atoms with E-state index in [1.165, 1.54) is 0 Å². The molecule has 0 bridgehead atoms. The number of allylic oxidation sites excluding steroid dienone is 1. The van der Waals surface area contributed by atoms with Crippen LogP contribution in [0.5, 0.6) is 0 Å². The van der Waals surface area contributed by atoms with E-state index in [0.717, 1.165) is 24.0 Å². The molecule has 0 saturated heterocycles. The van der Waals surface area contributed by atoms with Crippen LogP contribution in [0.1, 0.15) is 31.4 Å². The molecular formula is C16H18Cl2O2. The number of hydrogen-bond acceptors (Lipinski definition) is 2.